The van der Waals surface area contributed by atoms with Gasteiger partial charge in [-0.05, 0) is 43.6 Å². The maximum Gasteiger partial charge on any atom is 0.236 e. The van der Waals surface area contributed by atoms with Crippen molar-refractivity contribution in [3.63, 3.8) is 0 Å². The molecule has 1 unspecified atom stereocenters. The number of hydrogen-bond acceptors (Lipinski definition) is 3. The number of carbonyl (C=O) groups excluding carboxylic acids is 1. The number of benzene rings is 1. The van der Waals surface area contributed by atoms with Gasteiger partial charge in [0.1, 0.15) is 0 Å². The van der Waals surface area contributed by atoms with Crippen LogP contribution >= 0.6 is 0 Å². The first kappa shape index (κ1) is 16.0. The van der Waals surface area contributed by atoms with Crippen LogP contribution in [-0.4, -0.2) is 31.7 Å². The zero-order valence-electron chi connectivity index (χ0n) is 12.6. The average molecular weight is 290 g/mol. The van der Waals surface area contributed by atoms with Crippen LogP contribution in [0.15, 0.2) is 30.3 Å². The van der Waals surface area contributed by atoms with Gasteiger partial charge >= 0.3 is 0 Å². The van der Waals surface area contributed by atoms with E-state index in [1.54, 1.807) is 0 Å². The van der Waals surface area contributed by atoms with Crippen molar-refractivity contribution < 1.29 is 9.53 Å². The van der Waals surface area contributed by atoms with E-state index in [4.69, 9.17) is 10.5 Å². The molecule has 0 radical (unpaired) electrons. The van der Waals surface area contributed by atoms with Gasteiger partial charge in [-0.1, -0.05) is 30.3 Å². The first-order chi connectivity index (χ1) is 10.3. The number of hydrogen-bond donors (Lipinski definition) is 2. The molecule has 1 aromatic rings. The molecule has 0 aromatic heterocycles. The van der Waals surface area contributed by atoms with E-state index >= 15 is 0 Å². The number of nitrogens with two attached hydrogens (primary N) is 1. The van der Waals surface area contributed by atoms with Crippen molar-refractivity contribution in [3.8, 4) is 0 Å². The van der Waals surface area contributed by atoms with Crippen LogP contribution in [0.5, 0.6) is 0 Å². The summed E-state index contributed by atoms with van der Waals surface area (Å²) in [6.45, 7) is 2.24. The largest absolute Gasteiger partial charge is 0.381 e. The van der Waals surface area contributed by atoms with Gasteiger partial charge < -0.3 is 15.8 Å². The SMILES string of the molecule is NC(CCc1ccccc1)C(=O)NCCCOCC1CC1. The standard InChI is InChI=1S/C17H26N2O2/c18-16(10-9-14-5-2-1-3-6-14)17(20)19-11-4-12-21-13-15-7-8-15/h1-3,5-6,15-16H,4,7-13,18H2,(H,19,20). The number of carbonyl (C=O) groups is 1. The Bertz CT molecular complexity index is 418. The zero-order valence-corrected chi connectivity index (χ0v) is 12.6. The molecule has 1 saturated carbocycles. The van der Waals surface area contributed by atoms with Crippen molar-refractivity contribution in [2.24, 2.45) is 11.7 Å². The Hall–Kier alpha value is -1.39. The third-order valence-corrected chi connectivity index (χ3v) is 3.74. The van der Waals surface area contributed by atoms with Gasteiger partial charge in [0.25, 0.3) is 0 Å². The first-order valence-corrected chi connectivity index (χ1v) is 7.90. The number of aryl methyl sites for hydroxylation is 1. The fourth-order valence-corrected chi connectivity index (χ4v) is 2.15. The lowest BCUT2D eigenvalue weighted by Crippen LogP contribution is -2.41. The fraction of sp³-hybridized carbons (Fsp3) is 0.588. The molecule has 0 saturated heterocycles. The highest BCUT2D eigenvalue weighted by atomic mass is 16.5. The predicted molar refractivity (Wildman–Crippen MR) is 83.9 cm³/mol. The van der Waals surface area contributed by atoms with Crippen LogP contribution in [0.4, 0.5) is 0 Å². The number of amides is 1. The summed E-state index contributed by atoms with van der Waals surface area (Å²) in [6.07, 6.45) is 4.98. The predicted octanol–water partition coefficient (Wildman–Crippen LogP) is 1.88. The van der Waals surface area contributed by atoms with E-state index in [0.717, 1.165) is 32.0 Å². The molecule has 0 spiro atoms. The van der Waals surface area contributed by atoms with Crippen LogP contribution in [-0.2, 0) is 16.0 Å². The molecular weight excluding hydrogens is 264 g/mol. The fourth-order valence-electron chi connectivity index (χ4n) is 2.15. The molecular formula is C17H26N2O2. The maximum atomic E-state index is 11.8. The molecule has 1 fully saturated rings. The molecule has 1 aromatic carbocycles. The lowest BCUT2D eigenvalue weighted by Gasteiger charge is -2.12. The highest BCUT2D eigenvalue weighted by Crippen LogP contribution is 2.28. The van der Waals surface area contributed by atoms with Crippen LogP contribution in [0.3, 0.4) is 0 Å². The second-order valence-corrected chi connectivity index (χ2v) is 5.79. The zero-order chi connectivity index (χ0) is 14.9. The van der Waals surface area contributed by atoms with Gasteiger partial charge in [0.15, 0.2) is 0 Å². The lowest BCUT2D eigenvalue weighted by atomic mass is 10.1. The summed E-state index contributed by atoms with van der Waals surface area (Å²) in [4.78, 5) is 11.8. The molecule has 116 valence electrons. The van der Waals surface area contributed by atoms with Crippen LogP contribution in [0, 0.1) is 5.92 Å². The Balaban J connectivity index is 1.50. The molecule has 1 amide bonds. The van der Waals surface area contributed by atoms with Crippen molar-refractivity contribution >= 4 is 5.91 Å². The van der Waals surface area contributed by atoms with E-state index in [-0.39, 0.29) is 5.91 Å². The highest BCUT2D eigenvalue weighted by Gasteiger charge is 2.20. The third kappa shape index (κ3) is 6.74. The van der Waals surface area contributed by atoms with Crippen LogP contribution in [0.2, 0.25) is 0 Å². The van der Waals surface area contributed by atoms with Gasteiger partial charge in [-0.2, -0.15) is 0 Å². The van der Waals surface area contributed by atoms with Gasteiger partial charge in [-0.15, -0.1) is 0 Å². The summed E-state index contributed by atoms with van der Waals surface area (Å²) < 4.78 is 5.52. The van der Waals surface area contributed by atoms with E-state index in [9.17, 15) is 4.79 Å². The van der Waals surface area contributed by atoms with Crippen LogP contribution in [0.25, 0.3) is 0 Å². The molecule has 0 aliphatic heterocycles. The quantitative estimate of drug-likeness (QED) is 0.647. The van der Waals surface area contributed by atoms with Crippen molar-refractivity contribution in [2.45, 2.75) is 38.1 Å². The Labute approximate surface area is 127 Å². The molecule has 1 aliphatic carbocycles. The lowest BCUT2D eigenvalue weighted by molar-refractivity contribution is -0.122. The molecule has 4 heteroatoms. The van der Waals surface area contributed by atoms with Gasteiger partial charge in [0.05, 0.1) is 6.04 Å². The molecule has 21 heavy (non-hydrogen) atoms. The van der Waals surface area contributed by atoms with Crippen LogP contribution < -0.4 is 11.1 Å². The minimum absolute atomic E-state index is 0.0619. The molecule has 2 rings (SSSR count). The minimum Gasteiger partial charge on any atom is -0.381 e. The van der Waals surface area contributed by atoms with Crippen molar-refractivity contribution in [3.05, 3.63) is 35.9 Å². The Kier molecular flexibility index (Phi) is 6.70. The van der Waals surface area contributed by atoms with Gasteiger partial charge in [-0.25, -0.2) is 0 Å². The molecule has 0 heterocycles. The topological polar surface area (TPSA) is 64.4 Å². The van der Waals surface area contributed by atoms with E-state index in [1.807, 2.05) is 18.2 Å². The van der Waals surface area contributed by atoms with E-state index < -0.39 is 6.04 Å². The Morgan fingerprint density at radius 3 is 2.81 bits per heavy atom. The van der Waals surface area contributed by atoms with Crippen molar-refractivity contribution in [2.75, 3.05) is 19.8 Å². The Morgan fingerprint density at radius 1 is 1.33 bits per heavy atom. The number of ether oxygens (including phenoxy) is 1. The third-order valence-electron chi connectivity index (χ3n) is 3.74. The van der Waals surface area contributed by atoms with Gasteiger partial charge in [0, 0.05) is 19.8 Å². The van der Waals surface area contributed by atoms with Gasteiger partial charge in [0.2, 0.25) is 5.91 Å². The van der Waals surface area contributed by atoms with Crippen molar-refractivity contribution in [1.82, 2.24) is 5.32 Å². The molecule has 1 atom stereocenters. The van der Waals surface area contributed by atoms with E-state index in [2.05, 4.69) is 17.4 Å². The summed E-state index contributed by atoms with van der Waals surface area (Å²) in [5.74, 6) is 0.735. The summed E-state index contributed by atoms with van der Waals surface area (Å²) in [6, 6.07) is 9.67. The number of rotatable bonds is 10. The highest BCUT2D eigenvalue weighted by molar-refractivity contribution is 5.81. The second kappa shape index (κ2) is 8.80. The van der Waals surface area contributed by atoms with E-state index in [0.29, 0.717) is 13.0 Å². The smallest absolute Gasteiger partial charge is 0.236 e. The van der Waals surface area contributed by atoms with E-state index in [1.165, 1.54) is 18.4 Å². The molecule has 4 nitrogen and oxygen atoms in total. The minimum atomic E-state index is -0.433. The molecule has 0 bridgehead atoms. The van der Waals surface area contributed by atoms with Gasteiger partial charge in [-0.3, -0.25) is 4.79 Å². The molecule has 1 aliphatic rings. The first-order valence-electron chi connectivity index (χ1n) is 7.90. The summed E-state index contributed by atoms with van der Waals surface area (Å²) in [5.41, 5.74) is 7.13. The summed E-state index contributed by atoms with van der Waals surface area (Å²) >= 11 is 0. The maximum absolute atomic E-state index is 11.8. The second-order valence-electron chi connectivity index (χ2n) is 5.79. The monoisotopic (exact) mass is 290 g/mol. The normalized spacial score (nSPS) is 15.7. The van der Waals surface area contributed by atoms with Crippen LogP contribution in [0.1, 0.15) is 31.2 Å². The summed E-state index contributed by atoms with van der Waals surface area (Å²) in [7, 11) is 0. The van der Waals surface area contributed by atoms with Crippen molar-refractivity contribution in [1.29, 1.82) is 0 Å². The number of nitrogens with one attached hydrogen (secondary N) is 1. The molecule has 3 N–H and O–H groups in total. The average Bonchev–Trinajstić information content (AvgIpc) is 3.33. The Morgan fingerprint density at radius 2 is 2.10 bits per heavy atom. The summed E-state index contributed by atoms with van der Waals surface area (Å²) in [5, 5.41) is 2.88.